The van der Waals surface area contributed by atoms with E-state index in [4.69, 9.17) is 0 Å². The fraction of sp³-hybridized carbons (Fsp3) is 0.182. The maximum Gasteiger partial charge on any atom is 0.181 e. The standard InChI is InChI=1S/C22H24BrNP/c1-24(2)18-17-19-11-9-10-16-22(19)25(23,20-12-5-3-6-13-20)21-14-7-4-8-15-21/h3-16H,17-18H2,1-2H3/q+1. The Morgan fingerprint density at radius 3 is 1.72 bits per heavy atom. The number of nitrogens with zero attached hydrogens (tertiary/aromatic N) is 1. The van der Waals surface area contributed by atoms with Gasteiger partial charge in [-0.1, -0.05) is 54.6 Å². The molecule has 0 fully saturated rings. The second-order valence-electron chi connectivity index (χ2n) is 6.44. The van der Waals surface area contributed by atoms with Gasteiger partial charge in [-0.3, -0.25) is 0 Å². The lowest BCUT2D eigenvalue weighted by Crippen LogP contribution is -2.30. The van der Waals surface area contributed by atoms with Gasteiger partial charge in [-0.2, -0.15) is 0 Å². The molecule has 0 aliphatic carbocycles. The van der Waals surface area contributed by atoms with Crippen LogP contribution < -0.4 is 15.9 Å². The molecule has 0 amide bonds. The third-order valence-electron chi connectivity index (χ3n) is 4.38. The molecule has 25 heavy (non-hydrogen) atoms. The molecule has 128 valence electrons. The van der Waals surface area contributed by atoms with Crippen LogP contribution in [0.1, 0.15) is 5.56 Å². The molecular formula is C22H24BrNP+. The van der Waals surface area contributed by atoms with Crippen LogP contribution in [0.4, 0.5) is 0 Å². The molecular weight excluding hydrogens is 389 g/mol. The second kappa shape index (κ2) is 8.27. The zero-order valence-corrected chi connectivity index (χ0v) is 17.2. The molecule has 0 aliphatic rings. The van der Waals surface area contributed by atoms with Crippen LogP contribution in [0.5, 0.6) is 0 Å². The number of halogens is 1. The molecule has 0 aliphatic heterocycles. The molecule has 3 aromatic rings. The molecule has 0 heterocycles. The van der Waals surface area contributed by atoms with Crippen molar-refractivity contribution in [3.8, 4) is 0 Å². The van der Waals surface area contributed by atoms with Gasteiger partial charge in [0.15, 0.2) is 21.5 Å². The first-order valence-corrected chi connectivity index (χ1v) is 12.4. The lowest BCUT2D eigenvalue weighted by Gasteiger charge is -2.23. The number of likely N-dealkylation sites (N-methyl/N-ethyl adjacent to an activating group) is 1. The summed E-state index contributed by atoms with van der Waals surface area (Å²) in [6.45, 7) is 1.05. The summed E-state index contributed by atoms with van der Waals surface area (Å²) in [5.74, 6) is -1.83. The van der Waals surface area contributed by atoms with Crippen LogP contribution in [-0.4, -0.2) is 25.5 Å². The molecule has 0 atom stereocenters. The van der Waals surface area contributed by atoms with E-state index in [2.05, 4.69) is 119 Å². The predicted molar refractivity (Wildman–Crippen MR) is 116 cm³/mol. The van der Waals surface area contributed by atoms with Gasteiger partial charge in [0.1, 0.15) is 15.9 Å². The summed E-state index contributed by atoms with van der Waals surface area (Å²) in [7, 11) is 4.26. The summed E-state index contributed by atoms with van der Waals surface area (Å²) >= 11 is 4.27. The highest BCUT2D eigenvalue weighted by atomic mass is 79.9. The normalized spacial score (nSPS) is 11.7. The van der Waals surface area contributed by atoms with Crippen LogP contribution in [0.15, 0.2) is 84.9 Å². The van der Waals surface area contributed by atoms with Gasteiger partial charge in [0, 0.05) is 6.54 Å². The first-order chi connectivity index (χ1) is 12.1. The van der Waals surface area contributed by atoms with Crippen LogP contribution in [0.2, 0.25) is 0 Å². The minimum Gasteiger partial charge on any atom is -0.309 e. The van der Waals surface area contributed by atoms with Crippen molar-refractivity contribution in [3.05, 3.63) is 90.5 Å². The van der Waals surface area contributed by atoms with Crippen LogP contribution in [0.3, 0.4) is 0 Å². The van der Waals surface area contributed by atoms with E-state index in [1.807, 2.05) is 0 Å². The van der Waals surface area contributed by atoms with Gasteiger partial charge in [-0.15, -0.1) is 0 Å². The highest BCUT2D eigenvalue weighted by Crippen LogP contribution is 2.63. The van der Waals surface area contributed by atoms with Gasteiger partial charge in [0.05, 0.1) is 0 Å². The molecule has 0 spiro atoms. The number of rotatable bonds is 6. The van der Waals surface area contributed by atoms with Gasteiger partial charge < -0.3 is 4.90 Å². The molecule has 0 saturated heterocycles. The van der Waals surface area contributed by atoms with Crippen LogP contribution in [-0.2, 0) is 6.42 Å². The Labute approximate surface area is 159 Å². The smallest absolute Gasteiger partial charge is 0.181 e. The minimum atomic E-state index is -1.83. The zero-order chi connectivity index (χ0) is 17.7. The predicted octanol–water partition coefficient (Wildman–Crippen LogP) is 4.39. The van der Waals surface area contributed by atoms with Crippen molar-refractivity contribution in [1.82, 2.24) is 4.90 Å². The number of hydrogen-bond donors (Lipinski definition) is 0. The first-order valence-electron chi connectivity index (χ1n) is 8.55. The van der Waals surface area contributed by atoms with Gasteiger partial charge in [-0.25, -0.2) is 0 Å². The summed E-state index contributed by atoms with van der Waals surface area (Å²) in [6, 6.07) is 30.6. The topological polar surface area (TPSA) is 3.24 Å². The van der Waals surface area contributed by atoms with Crippen molar-refractivity contribution >= 4 is 37.4 Å². The van der Waals surface area contributed by atoms with E-state index in [0.29, 0.717) is 0 Å². The number of benzene rings is 3. The maximum atomic E-state index is 4.27. The Kier molecular flexibility index (Phi) is 6.06. The van der Waals surface area contributed by atoms with E-state index in [9.17, 15) is 0 Å². The lowest BCUT2D eigenvalue weighted by atomic mass is 10.1. The highest BCUT2D eigenvalue weighted by molar-refractivity contribution is 9.44. The lowest BCUT2D eigenvalue weighted by molar-refractivity contribution is 0.414. The highest BCUT2D eigenvalue weighted by Gasteiger charge is 2.45. The van der Waals surface area contributed by atoms with E-state index < -0.39 is 5.96 Å². The molecule has 3 aromatic carbocycles. The molecule has 3 rings (SSSR count). The van der Waals surface area contributed by atoms with Crippen LogP contribution in [0, 0.1) is 0 Å². The van der Waals surface area contributed by atoms with Crippen molar-refractivity contribution in [1.29, 1.82) is 0 Å². The van der Waals surface area contributed by atoms with Crippen molar-refractivity contribution in [2.45, 2.75) is 6.42 Å². The average Bonchev–Trinajstić information content (AvgIpc) is 2.67. The fourth-order valence-electron chi connectivity index (χ4n) is 3.06. The summed E-state index contributed by atoms with van der Waals surface area (Å²) in [5, 5.41) is 4.14. The van der Waals surface area contributed by atoms with Crippen molar-refractivity contribution in [2.24, 2.45) is 0 Å². The summed E-state index contributed by atoms with van der Waals surface area (Å²) < 4.78 is 0. The Hall–Kier alpha value is -1.47. The monoisotopic (exact) mass is 412 g/mol. The first kappa shape index (κ1) is 18.3. The SMILES string of the molecule is CN(C)CCc1ccccc1[P+](Br)(c1ccccc1)c1ccccc1. The summed E-state index contributed by atoms with van der Waals surface area (Å²) in [5.41, 5.74) is 1.43. The molecule has 0 unspecified atom stereocenters. The minimum absolute atomic E-state index is 1.05. The van der Waals surface area contributed by atoms with E-state index in [1.54, 1.807) is 0 Å². The molecule has 3 heteroatoms. The Bertz CT molecular complexity index is 763. The molecule has 0 bridgehead atoms. The third-order valence-corrected chi connectivity index (χ3v) is 11.1. The van der Waals surface area contributed by atoms with E-state index in [1.165, 1.54) is 21.5 Å². The van der Waals surface area contributed by atoms with E-state index in [0.717, 1.165) is 13.0 Å². The van der Waals surface area contributed by atoms with Crippen molar-refractivity contribution in [2.75, 3.05) is 20.6 Å². The van der Waals surface area contributed by atoms with E-state index in [-0.39, 0.29) is 0 Å². The van der Waals surface area contributed by atoms with Crippen molar-refractivity contribution < 1.29 is 0 Å². The summed E-state index contributed by atoms with van der Waals surface area (Å²) in [6.07, 6.45) is 1.05. The molecule has 0 radical (unpaired) electrons. The fourth-order valence-corrected chi connectivity index (χ4v) is 8.41. The molecule has 0 saturated carbocycles. The molecule has 0 N–H and O–H groups in total. The Morgan fingerprint density at radius 2 is 1.20 bits per heavy atom. The van der Waals surface area contributed by atoms with Gasteiger partial charge in [0.25, 0.3) is 0 Å². The van der Waals surface area contributed by atoms with Crippen LogP contribution in [0.25, 0.3) is 0 Å². The second-order valence-corrected chi connectivity index (χ2v) is 12.3. The quantitative estimate of drug-likeness (QED) is 0.542. The Balaban J connectivity index is 2.17. The van der Waals surface area contributed by atoms with Gasteiger partial charge in [0.2, 0.25) is 0 Å². The zero-order valence-electron chi connectivity index (χ0n) is 14.8. The maximum absolute atomic E-state index is 4.27. The van der Waals surface area contributed by atoms with Crippen molar-refractivity contribution in [3.63, 3.8) is 0 Å². The average molecular weight is 413 g/mol. The Morgan fingerprint density at radius 1 is 0.720 bits per heavy atom. The van der Waals surface area contributed by atoms with Crippen LogP contribution >= 0.6 is 21.5 Å². The van der Waals surface area contributed by atoms with Gasteiger partial charge in [-0.05, 0) is 56.4 Å². The molecule has 1 nitrogen and oxygen atoms in total. The largest absolute Gasteiger partial charge is 0.309 e. The van der Waals surface area contributed by atoms with Gasteiger partial charge >= 0.3 is 0 Å². The number of hydrogen-bond acceptors (Lipinski definition) is 1. The molecule has 0 aromatic heterocycles. The summed E-state index contributed by atoms with van der Waals surface area (Å²) in [4.78, 5) is 2.25. The third kappa shape index (κ3) is 4.03. The van der Waals surface area contributed by atoms with E-state index >= 15 is 0 Å².